The second kappa shape index (κ2) is 5.70. The zero-order valence-corrected chi connectivity index (χ0v) is 13.1. The van der Waals surface area contributed by atoms with Crippen molar-refractivity contribution < 1.29 is 4.74 Å². The molecule has 0 aliphatic heterocycles. The first-order chi connectivity index (χ1) is 9.45. The van der Waals surface area contributed by atoms with Crippen molar-refractivity contribution >= 4 is 0 Å². The van der Waals surface area contributed by atoms with Crippen LogP contribution in [0.5, 0.6) is 5.75 Å². The molecule has 0 saturated carbocycles. The third-order valence-electron chi connectivity index (χ3n) is 4.11. The molecule has 1 nitrogen and oxygen atoms in total. The van der Waals surface area contributed by atoms with Crippen LogP contribution in [0.15, 0.2) is 48.5 Å². The van der Waals surface area contributed by atoms with Gasteiger partial charge in [0.15, 0.2) is 0 Å². The van der Waals surface area contributed by atoms with E-state index in [0.29, 0.717) is 5.92 Å². The van der Waals surface area contributed by atoms with E-state index in [9.17, 15) is 0 Å². The number of methoxy groups -OCH3 is 1. The fourth-order valence-electron chi connectivity index (χ4n) is 2.46. The molecule has 20 heavy (non-hydrogen) atoms. The van der Waals surface area contributed by atoms with E-state index < -0.39 is 0 Å². The fourth-order valence-corrected chi connectivity index (χ4v) is 2.46. The Labute approximate surface area is 122 Å². The highest BCUT2D eigenvalue weighted by atomic mass is 16.5. The predicted octanol–water partition coefficient (Wildman–Crippen LogP) is 5.14. The Kier molecular flexibility index (Phi) is 4.17. The summed E-state index contributed by atoms with van der Waals surface area (Å²) in [5, 5.41) is 0. The first-order valence-corrected chi connectivity index (χ1v) is 7.20. The van der Waals surface area contributed by atoms with Gasteiger partial charge in [0.2, 0.25) is 0 Å². The molecule has 1 heteroatoms. The summed E-state index contributed by atoms with van der Waals surface area (Å²) in [6.07, 6.45) is 0. The van der Waals surface area contributed by atoms with Crippen molar-refractivity contribution in [2.45, 2.75) is 39.0 Å². The molecular weight excluding hydrogens is 244 g/mol. The maximum absolute atomic E-state index is 5.23. The van der Waals surface area contributed by atoms with Crippen LogP contribution in [0.2, 0.25) is 0 Å². The molecule has 0 unspecified atom stereocenters. The fraction of sp³-hybridized carbons (Fsp3) is 0.368. The van der Waals surface area contributed by atoms with Gasteiger partial charge in [0.25, 0.3) is 0 Å². The minimum atomic E-state index is 0.00177. The summed E-state index contributed by atoms with van der Waals surface area (Å²) in [4.78, 5) is 0. The SMILES string of the molecule is COc1ccc(C(C)(C)c2ccc(C(C)C)cc2)cc1. The largest absolute Gasteiger partial charge is 0.497 e. The summed E-state index contributed by atoms with van der Waals surface area (Å²) < 4.78 is 5.23. The number of hydrogen-bond acceptors (Lipinski definition) is 1. The van der Waals surface area contributed by atoms with Crippen LogP contribution in [-0.4, -0.2) is 7.11 Å². The minimum absolute atomic E-state index is 0.00177. The second-order valence-electron chi connectivity index (χ2n) is 6.13. The Morgan fingerprint density at radius 3 is 1.65 bits per heavy atom. The molecule has 0 aromatic heterocycles. The summed E-state index contributed by atoms with van der Waals surface area (Å²) in [6, 6.07) is 17.3. The van der Waals surface area contributed by atoms with E-state index in [1.54, 1.807) is 7.11 Å². The molecule has 0 bridgehead atoms. The molecule has 0 saturated heterocycles. The van der Waals surface area contributed by atoms with Crippen LogP contribution in [0.25, 0.3) is 0 Å². The average Bonchev–Trinajstić information content (AvgIpc) is 2.47. The van der Waals surface area contributed by atoms with E-state index in [-0.39, 0.29) is 5.41 Å². The molecule has 106 valence electrons. The standard InChI is InChI=1S/C19H24O/c1-14(2)15-6-8-16(9-7-15)19(3,4)17-10-12-18(20-5)13-11-17/h6-14H,1-5H3. The van der Waals surface area contributed by atoms with Crippen LogP contribution in [0, 0.1) is 0 Å². The normalized spacial score (nSPS) is 11.7. The Bertz CT molecular complexity index is 547. The lowest BCUT2D eigenvalue weighted by atomic mass is 9.77. The maximum atomic E-state index is 5.23. The highest BCUT2D eigenvalue weighted by Gasteiger charge is 2.23. The molecule has 0 spiro atoms. The van der Waals surface area contributed by atoms with Crippen molar-refractivity contribution in [1.29, 1.82) is 0 Å². The molecule has 2 aromatic rings. The Morgan fingerprint density at radius 2 is 1.25 bits per heavy atom. The van der Waals surface area contributed by atoms with Crippen LogP contribution in [0.3, 0.4) is 0 Å². The number of ether oxygens (including phenoxy) is 1. The smallest absolute Gasteiger partial charge is 0.118 e. The zero-order valence-electron chi connectivity index (χ0n) is 13.1. The third kappa shape index (κ3) is 2.87. The third-order valence-corrected chi connectivity index (χ3v) is 4.11. The molecule has 0 radical (unpaired) electrons. The average molecular weight is 268 g/mol. The van der Waals surface area contributed by atoms with Crippen LogP contribution in [0.4, 0.5) is 0 Å². The van der Waals surface area contributed by atoms with E-state index in [4.69, 9.17) is 4.74 Å². The summed E-state index contributed by atoms with van der Waals surface area (Å²) >= 11 is 0. The Balaban J connectivity index is 2.32. The number of rotatable bonds is 4. The summed E-state index contributed by atoms with van der Waals surface area (Å²) in [5.41, 5.74) is 4.03. The van der Waals surface area contributed by atoms with Gasteiger partial charge in [0.1, 0.15) is 5.75 Å². The van der Waals surface area contributed by atoms with Crippen molar-refractivity contribution in [3.8, 4) is 5.75 Å². The van der Waals surface area contributed by atoms with Crippen LogP contribution >= 0.6 is 0 Å². The highest BCUT2D eigenvalue weighted by molar-refractivity contribution is 5.41. The second-order valence-corrected chi connectivity index (χ2v) is 6.13. The van der Waals surface area contributed by atoms with Gasteiger partial charge in [-0.25, -0.2) is 0 Å². The minimum Gasteiger partial charge on any atom is -0.497 e. The lowest BCUT2D eigenvalue weighted by Gasteiger charge is -2.26. The summed E-state index contributed by atoms with van der Waals surface area (Å²) in [6.45, 7) is 8.98. The van der Waals surface area contributed by atoms with Crippen molar-refractivity contribution in [2.75, 3.05) is 7.11 Å². The van der Waals surface area contributed by atoms with Crippen LogP contribution in [0.1, 0.15) is 50.3 Å². The van der Waals surface area contributed by atoms with Crippen molar-refractivity contribution in [2.24, 2.45) is 0 Å². The zero-order chi connectivity index (χ0) is 14.8. The van der Waals surface area contributed by atoms with E-state index in [2.05, 4.69) is 64.1 Å². The maximum Gasteiger partial charge on any atom is 0.118 e. The molecule has 0 N–H and O–H groups in total. The van der Waals surface area contributed by atoms with Gasteiger partial charge in [-0.05, 0) is 34.7 Å². The summed E-state index contributed by atoms with van der Waals surface area (Å²) in [7, 11) is 1.70. The van der Waals surface area contributed by atoms with Gasteiger partial charge in [-0.3, -0.25) is 0 Å². The van der Waals surface area contributed by atoms with Gasteiger partial charge < -0.3 is 4.74 Å². The molecular formula is C19H24O. The van der Waals surface area contributed by atoms with Gasteiger partial charge in [0, 0.05) is 5.41 Å². The molecule has 2 aromatic carbocycles. The van der Waals surface area contributed by atoms with E-state index in [1.807, 2.05) is 12.1 Å². The first-order valence-electron chi connectivity index (χ1n) is 7.20. The molecule has 0 atom stereocenters. The topological polar surface area (TPSA) is 9.23 Å². The molecule has 2 rings (SSSR count). The van der Waals surface area contributed by atoms with Crippen LogP contribution < -0.4 is 4.74 Å². The van der Waals surface area contributed by atoms with Crippen LogP contribution in [-0.2, 0) is 5.41 Å². The van der Waals surface area contributed by atoms with E-state index in [1.165, 1.54) is 16.7 Å². The molecule has 0 heterocycles. The molecule has 0 amide bonds. The quantitative estimate of drug-likeness (QED) is 0.745. The lowest BCUT2D eigenvalue weighted by Crippen LogP contribution is -2.18. The lowest BCUT2D eigenvalue weighted by molar-refractivity contribution is 0.414. The van der Waals surface area contributed by atoms with Gasteiger partial charge in [-0.1, -0.05) is 64.1 Å². The van der Waals surface area contributed by atoms with Crippen molar-refractivity contribution in [3.05, 3.63) is 65.2 Å². The summed E-state index contributed by atoms with van der Waals surface area (Å²) in [5.74, 6) is 1.48. The molecule has 0 aliphatic carbocycles. The monoisotopic (exact) mass is 268 g/mol. The van der Waals surface area contributed by atoms with Crippen molar-refractivity contribution in [1.82, 2.24) is 0 Å². The Morgan fingerprint density at radius 1 is 0.800 bits per heavy atom. The van der Waals surface area contributed by atoms with Crippen molar-refractivity contribution in [3.63, 3.8) is 0 Å². The molecule has 0 aliphatic rings. The molecule has 0 fully saturated rings. The van der Waals surface area contributed by atoms with Gasteiger partial charge in [0.05, 0.1) is 7.11 Å². The predicted molar refractivity (Wildman–Crippen MR) is 85.7 cm³/mol. The van der Waals surface area contributed by atoms with Gasteiger partial charge in [-0.2, -0.15) is 0 Å². The van der Waals surface area contributed by atoms with Gasteiger partial charge in [-0.15, -0.1) is 0 Å². The van der Waals surface area contributed by atoms with E-state index >= 15 is 0 Å². The van der Waals surface area contributed by atoms with Gasteiger partial charge >= 0.3 is 0 Å². The van der Waals surface area contributed by atoms with E-state index in [0.717, 1.165) is 5.75 Å². The first kappa shape index (κ1) is 14.6. The number of hydrogen-bond donors (Lipinski definition) is 0. The number of benzene rings is 2. The highest BCUT2D eigenvalue weighted by Crippen LogP contribution is 2.33. The Hall–Kier alpha value is -1.76.